The second-order valence-electron chi connectivity index (χ2n) is 4.02. The fraction of sp³-hybridized carbons (Fsp3) is 0.500. The molecule has 18 heavy (non-hydrogen) atoms. The molecule has 0 aromatic heterocycles. The van der Waals surface area contributed by atoms with E-state index in [-0.39, 0.29) is 0 Å². The molecule has 100 valence electrons. The summed E-state index contributed by atoms with van der Waals surface area (Å²) in [7, 11) is 0. The van der Waals surface area contributed by atoms with Gasteiger partial charge in [-0.3, -0.25) is 0 Å². The minimum atomic E-state index is -4.26. The van der Waals surface area contributed by atoms with Gasteiger partial charge in [0.25, 0.3) is 0 Å². The number of benzene rings is 1. The average Bonchev–Trinajstić information content (AvgIpc) is 2.37. The maximum absolute atomic E-state index is 12.4. The Bertz CT molecular complexity index is 372. The first-order chi connectivity index (χ1) is 8.55. The molecule has 1 N–H and O–H groups in total. The molecule has 0 amide bonds. The van der Waals surface area contributed by atoms with Gasteiger partial charge in [-0.2, -0.15) is 36.7 Å². The first kappa shape index (κ1) is 13.9. The van der Waals surface area contributed by atoms with Crippen LogP contribution in [0.2, 0.25) is 0 Å². The lowest BCUT2D eigenvalue weighted by atomic mass is 10.2. The Balaban J connectivity index is 1.86. The van der Waals surface area contributed by atoms with E-state index in [4.69, 9.17) is 0 Å². The number of anilines is 1. The third kappa shape index (κ3) is 4.02. The molecule has 1 fully saturated rings. The minimum absolute atomic E-state index is 0.547. The van der Waals surface area contributed by atoms with Crippen molar-refractivity contribution in [3.8, 4) is 0 Å². The summed E-state index contributed by atoms with van der Waals surface area (Å²) >= 11 is 3.86. The largest absolute Gasteiger partial charge is 0.416 e. The van der Waals surface area contributed by atoms with Gasteiger partial charge in [-0.25, -0.2) is 0 Å². The lowest BCUT2D eigenvalue weighted by Crippen LogP contribution is -2.23. The molecular formula is C12H14F3NS2. The Morgan fingerprint density at radius 1 is 1.17 bits per heavy atom. The summed E-state index contributed by atoms with van der Waals surface area (Å²) in [5.74, 6) is 3.46. The van der Waals surface area contributed by atoms with Crippen LogP contribution in [0, 0.1) is 0 Å². The molecule has 1 atom stereocenters. The molecule has 1 aromatic carbocycles. The summed E-state index contributed by atoms with van der Waals surface area (Å²) in [5.41, 5.74) is 0.148. The highest BCUT2D eigenvalue weighted by molar-refractivity contribution is 8.06. The zero-order chi connectivity index (χ0) is 13.0. The third-order valence-electron chi connectivity index (χ3n) is 2.63. The topological polar surface area (TPSA) is 12.0 Å². The number of hydrogen-bond acceptors (Lipinski definition) is 3. The Kier molecular flexibility index (Phi) is 4.72. The highest BCUT2D eigenvalue weighted by atomic mass is 32.2. The molecule has 2 rings (SSSR count). The monoisotopic (exact) mass is 293 g/mol. The number of halogens is 3. The van der Waals surface area contributed by atoms with Gasteiger partial charge in [0.2, 0.25) is 0 Å². The van der Waals surface area contributed by atoms with E-state index in [1.165, 1.54) is 17.9 Å². The summed E-state index contributed by atoms with van der Waals surface area (Å²) in [6, 6.07) is 5.21. The first-order valence-corrected chi connectivity index (χ1v) is 7.86. The molecule has 1 aliphatic rings. The Morgan fingerprint density at radius 2 is 1.89 bits per heavy atom. The van der Waals surface area contributed by atoms with Gasteiger partial charge in [-0.15, -0.1) is 0 Å². The Hall–Kier alpha value is -0.490. The number of rotatable bonds is 3. The summed E-state index contributed by atoms with van der Waals surface area (Å²) in [4.78, 5) is 0. The average molecular weight is 293 g/mol. The number of hydrogen-bond donors (Lipinski definition) is 1. The lowest BCUT2D eigenvalue weighted by Gasteiger charge is -2.21. The van der Waals surface area contributed by atoms with Crippen LogP contribution in [0.15, 0.2) is 24.3 Å². The molecule has 0 spiro atoms. The van der Waals surface area contributed by atoms with E-state index < -0.39 is 11.7 Å². The van der Waals surface area contributed by atoms with Crippen LogP contribution in [-0.4, -0.2) is 29.1 Å². The highest BCUT2D eigenvalue weighted by Crippen LogP contribution is 2.30. The first-order valence-electron chi connectivity index (χ1n) is 5.66. The van der Waals surface area contributed by atoms with Gasteiger partial charge < -0.3 is 5.32 Å². The molecule has 1 saturated heterocycles. The fourth-order valence-electron chi connectivity index (χ4n) is 1.66. The zero-order valence-electron chi connectivity index (χ0n) is 9.67. The van der Waals surface area contributed by atoms with Crippen LogP contribution in [0.4, 0.5) is 18.9 Å². The van der Waals surface area contributed by atoms with E-state index in [2.05, 4.69) is 5.32 Å². The van der Waals surface area contributed by atoms with Crippen molar-refractivity contribution in [1.82, 2.24) is 0 Å². The molecule has 1 nitrogen and oxygen atoms in total. The van der Waals surface area contributed by atoms with Crippen LogP contribution in [0.25, 0.3) is 0 Å². The summed E-state index contributed by atoms with van der Waals surface area (Å²) in [6.45, 7) is 0.809. The van der Waals surface area contributed by atoms with Crippen LogP contribution >= 0.6 is 23.5 Å². The van der Waals surface area contributed by atoms with Gasteiger partial charge in [-0.1, -0.05) is 0 Å². The van der Waals surface area contributed by atoms with E-state index in [1.807, 2.05) is 23.5 Å². The van der Waals surface area contributed by atoms with Gasteiger partial charge in [0.15, 0.2) is 0 Å². The smallest absolute Gasteiger partial charge is 0.384 e. The molecule has 0 radical (unpaired) electrons. The van der Waals surface area contributed by atoms with Crippen molar-refractivity contribution in [1.29, 1.82) is 0 Å². The second-order valence-corrected chi connectivity index (χ2v) is 6.58. The second kappa shape index (κ2) is 6.10. The Labute approximate surface area is 113 Å². The molecule has 1 unspecified atom stereocenters. The van der Waals surface area contributed by atoms with Crippen molar-refractivity contribution in [2.75, 3.05) is 29.1 Å². The Morgan fingerprint density at radius 3 is 2.44 bits per heavy atom. The molecule has 0 aliphatic carbocycles. The predicted octanol–water partition coefficient (Wildman–Crippen LogP) is 3.97. The molecule has 0 bridgehead atoms. The van der Waals surface area contributed by atoms with Crippen molar-refractivity contribution in [2.45, 2.75) is 11.4 Å². The van der Waals surface area contributed by atoms with E-state index in [1.54, 1.807) is 0 Å². The molecule has 1 heterocycles. The fourth-order valence-corrected chi connectivity index (χ4v) is 4.28. The van der Waals surface area contributed by atoms with Crippen LogP contribution in [0.5, 0.6) is 0 Å². The van der Waals surface area contributed by atoms with Gasteiger partial charge >= 0.3 is 6.18 Å². The van der Waals surface area contributed by atoms with Crippen molar-refractivity contribution in [3.05, 3.63) is 29.8 Å². The number of alkyl halides is 3. The van der Waals surface area contributed by atoms with Gasteiger partial charge in [0.05, 0.1) is 5.56 Å². The maximum atomic E-state index is 12.4. The summed E-state index contributed by atoms with van der Waals surface area (Å²) < 4.78 is 37.1. The summed E-state index contributed by atoms with van der Waals surface area (Å²) in [6.07, 6.45) is -4.26. The van der Waals surface area contributed by atoms with Gasteiger partial charge in [0, 0.05) is 34.7 Å². The summed E-state index contributed by atoms with van der Waals surface area (Å²) in [5, 5.41) is 3.74. The van der Waals surface area contributed by atoms with Gasteiger partial charge in [-0.05, 0) is 24.3 Å². The normalized spacial score (nSPS) is 20.7. The lowest BCUT2D eigenvalue weighted by molar-refractivity contribution is -0.137. The van der Waals surface area contributed by atoms with E-state index in [0.717, 1.165) is 35.9 Å². The van der Waals surface area contributed by atoms with Crippen molar-refractivity contribution in [3.63, 3.8) is 0 Å². The van der Waals surface area contributed by atoms with Crippen LogP contribution in [0.1, 0.15) is 5.56 Å². The molecule has 1 aliphatic heterocycles. The quantitative estimate of drug-likeness (QED) is 0.906. The molecule has 1 aromatic rings. The van der Waals surface area contributed by atoms with E-state index in [0.29, 0.717) is 5.25 Å². The van der Waals surface area contributed by atoms with Crippen LogP contribution < -0.4 is 5.32 Å². The van der Waals surface area contributed by atoms with Crippen molar-refractivity contribution in [2.24, 2.45) is 0 Å². The maximum Gasteiger partial charge on any atom is 0.416 e. The number of thioether (sulfide) groups is 2. The van der Waals surface area contributed by atoms with Crippen molar-refractivity contribution < 1.29 is 13.2 Å². The zero-order valence-corrected chi connectivity index (χ0v) is 11.3. The van der Waals surface area contributed by atoms with Crippen LogP contribution in [0.3, 0.4) is 0 Å². The van der Waals surface area contributed by atoms with Crippen LogP contribution in [-0.2, 0) is 6.18 Å². The van der Waals surface area contributed by atoms with E-state index in [9.17, 15) is 13.2 Å². The SMILES string of the molecule is FC(F)(F)c1ccc(NCC2CSCCS2)cc1. The minimum Gasteiger partial charge on any atom is -0.384 e. The highest BCUT2D eigenvalue weighted by Gasteiger charge is 2.29. The standard InChI is InChI=1S/C12H14F3NS2/c13-12(14,15)9-1-3-10(4-2-9)16-7-11-8-17-5-6-18-11/h1-4,11,16H,5-8H2. The van der Waals surface area contributed by atoms with E-state index >= 15 is 0 Å². The predicted molar refractivity (Wildman–Crippen MR) is 73.5 cm³/mol. The third-order valence-corrected chi connectivity index (χ3v) is 5.48. The molecular weight excluding hydrogens is 279 g/mol. The molecule has 6 heteroatoms. The number of nitrogens with one attached hydrogen (secondary N) is 1. The molecule has 0 saturated carbocycles. The van der Waals surface area contributed by atoms with Gasteiger partial charge in [0.1, 0.15) is 0 Å². The van der Waals surface area contributed by atoms with Crippen molar-refractivity contribution >= 4 is 29.2 Å².